The van der Waals surface area contributed by atoms with Crippen LogP contribution in [0.25, 0.3) is 11.0 Å². The first kappa shape index (κ1) is 14.2. The zero-order valence-electron chi connectivity index (χ0n) is 11.7. The third kappa shape index (κ3) is 3.68. The maximum Gasteiger partial charge on any atom is 0.317 e. The van der Waals surface area contributed by atoms with Gasteiger partial charge in [0.2, 0.25) is 0 Å². The minimum Gasteiger partial charge on any atom is -0.378 e. The Balaban J connectivity index is 1.42. The Labute approximate surface area is 127 Å². The fourth-order valence-electron chi connectivity index (χ4n) is 2.18. The van der Waals surface area contributed by atoms with Crippen molar-refractivity contribution in [1.29, 1.82) is 0 Å². The second-order valence-electron chi connectivity index (χ2n) is 4.74. The summed E-state index contributed by atoms with van der Waals surface area (Å²) in [5, 5.41) is 3.81. The highest BCUT2D eigenvalue weighted by molar-refractivity contribution is 7.99. The molecule has 2 N–H and O–H groups in total. The van der Waals surface area contributed by atoms with Crippen LogP contribution < -0.4 is 5.32 Å². The first-order valence-corrected chi connectivity index (χ1v) is 7.99. The lowest BCUT2D eigenvalue weighted by molar-refractivity contribution is 0.0533. The standard InChI is InChI=1S/C14H18N4O2S/c19-14(18-6-8-20-9-7-18)15-5-10-21-13-16-11-3-1-2-4-12(11)17-13/h1-4H,5-10H2,(H,15,19)(H,16,17). The van der Waals surface area contributed by atoms with Gasteiger partial charge in [-0.15, -0.1) is 0 Å². The molecular formula is C14H18N4O2S. The van der Waals surface area contributed by atoms with Crippen molar-refractivity contribution < 1.29 is 9.53 Å². The summed E-state index contributed by atoms with van der Waals surface area (Å²) >= 11 is 1.61. The number of carbonyl (C=O) groups excluding carboxylic acids is 1. The van der Waals surface area contributed by atoms with Crippen LogP contribution in [-0.2, 0) is 4.74 Å². The topological polar surface area (TPSA) is 70.2 Å². The van der Waals surface area contributed by atoms with Crippen LogP contribution >= 0.6 is 11.8 Å². The van der Waals surface area contributed by atoms with E-state index in [0.717, 1.165) is 21.9 Å². The monoisotopic (exact) mass is 306 g/mol. The van der Waals surface area contributed by atoms with Crippen LogP contribution in [0.15, 0.2) is 29.4 Å². The molecule has 0 aliphatic carbocycles. The van der Waals surface area contributed by atoms with E-state index in [1.807, 2.05) is 24.3 Å². The van der Waals surface area contributed by atoms with Crippen LogP contribution in [0.2, 0.25) is 0 Å². The van der Waals surface area contributed by atoms with E-state index in [-0.39, 0.29) is 6.03 Å². The van der Waals surface area contributed by atoms with Crippen LogP contribution in [-0.4, -0.2) is 59.5 Å². The maximum atomic E-state index is 11.9. The van der Waals surface area contributed by atoms with Gasteiger partial charge >= 0.3 is 6.03 Å². The molecule has 1 aliphatic rings. The minimum atomic E-state index is -0.0106. The molecule has 1 aromatic heterocycles. The van der Waals surface area contributed by atoms with Crippen molar-refractivity contribution in [1.82, 2.24) is 20.2 Å². The number of imidazole rings is 1. The molecule has 2 heterocycles. The van der Waals surface area contributed by atoms with Crippen molar-refractivity contribution in [2.45, 2.75) is 5.16 Å². The van der Waals surface area contributed by atoms with Crippen LogP contribution in [0.3, 0.4) is 0 Å². The van der Waals surface area contributed by atoms with Gasteiger partial charge in [-0.05, 0) is 12.1 Å². The fourth-order valence-corrected chi connectivity index (χ4v) is 2.92. The first-order chi connectivity index (χ1) is 10.3. The van der Waals surface area contributed by atoms with Gasteiger partial charge in [-0.1, -0.05) is 23.9 Å². The number of thioether (sulfide) groups is 1. The van der Waals surface area contributed by atoms with Gasteiger partial charge in [0.15, 0.2) is 5.16 Å². The van der Waals surface area contributed by atoms with Gasteiger partial charge in [0.05, 0.1) is 24.2 Å². The lowest BCUT2D eigenvalue weighted by atomic mass is 10.3. The minimum absolute atomic E-state index is 0.0106. The van der Waals surface area contributed by atoms with E-state index in [4.69, 9.17) is 4.74 Å². The number of aromatic amines is 1. The number of H-pyrrole nitrogens is 1. The van der Waals surface area contributed by atoms with E-state index >= 15 is 0 Å². The Morgan fingerprint density at radius 3 is 3.00 bits per heavy atom. The molecule has 0 radical (unpaired) electrons. The Hall–Kier alpha value is -1.73. The molecule has 3 rings (SSSR count). The summed E-state index contributed by atoms with van der Waals surface area (Å²) in [6, 6.07) is 7.93. The Bertz CT molecular complexity index is 577. The van der Waals surface area contributed by atoms with Gasteiger partial charge < -0.3 is 19.9 Å². The molecule has 7 heteroatoms. The summed E-state index contributed by atoms with van der Waals surface area (Å²) < 4.78 is 5.22. The van der Waals surface area contributed by atoms with Gasteiger partial charge in [0, 0.05) is 25.4 Å². The Morgan fingerprint density at radius 1 is 1.38 bits per heavy atom. The number of urea groups is 1. The van der Waals surface area contributed by atoms with E-state index in [0.29, 0.717) is 32.8 Å². The number of nitrogens with one attached hydrogen (secondary N) is 2. The molecule has 2 aromatic rings. The zero-order chi connectivity index (χ0) is 14.5. The molecule has 2 amide bonds. The number of benzene rings is 1. The predicted octanol–water partition coefficient (Wildman–Crippen LogP) is 1.70. The predicted molar refractivity (Wildman–Crippen MR) is 82.6 cm³/mol. The maximum absolute atomic E-state index is 11.9. The number of amides is 2. The van der Waals surface area contributed by atoms with Gasteiger partial charge in [0.1, 0.15) is 0 Å². The van der Waals surface area contributed by atoms with Crippen LogP contribution in [0, 0.1) is 0 Å². The number of carbonyl (C=O) groups is 1. The smallest absolute Gasteiger partial charge is 0.317 e. The lowest BCUT2D eigenvalue weighted by Gasteiger charge is -2.26. The molecule has 6 nitrogen and oxygen atoms in total. The molecule has 1 aromatic carbocycles. The number of nitrogens with zero attached hydrogens (tertiary/aromatic N) is 2. The highest BCUT2D eigenvalue weighted by Gasteiger charge is 2.15. The Kier molecular flexibility index (Phi) is 4.62. The fraction of sp³-hybridized carbons (Fsp3) is 0.429. The summed E-state index contributed by atoms with van der Waals surface area (Å²) in [4.78, 5) is 21.4. The summed E-state index contributed by atoms with van der Waals surface area (Å²) in [7, 11) is 0. The van der Waals surface area contributed by atoms with Gasteiger partial charge in [-0.2, -0.15) is 0 Å². The number of para-hydroxylation sites is 2. The van der Waals surface area contributed by atoms with E-state index in [1.165, 1.54) is 0 Å². The molecule has 21 heavy (non-hydrogen) atoms. The quantitative estimate of drug-likeness (QED) is 0.666. The normalized spacial score (nSPS) is 15.3. The van der Waals surface area contributed by atoms with Crippen LogP contribution in [0.1, 0.15) is 0 Å². The number of aromatic nitrogens is 2. The first-order valence-electron chi connectivity index (χ1n) is 7.01. The van der Waals surface area contributed by atoms with Crippen LogP contribution in [0.5, 0.6) is 0 Å². The highest BCUT2D eigenvalue weighted by atomic mass is 32.2. The molecule has 0 unspecified atom stereocenters. The van der Waals surface area contributed by atoms with E-state index in [1.54, 1.807) is 16.7 Å². The van der Waals surface area contributed by atoms with Gasteiger partial charge in [-0.3, -0.25) is 0 Å². The molecule has 1 fully saturated rings. The number of rotatable bonds is 4. The third-order valence-electron chi connectivity index (χ3n) is 3.28. The second kappa shape index (κ2) is 6.82. The van der Waals surface area contributed by atoms with Crippen LogP contribution in [0.4, 0.5) is 4.79 Å². The van der Waals surface area contributed by atoms with Crippen molar-refractivity contribution in [2.75, 3.05) is 38.6 Å². The Morgan fingerprint density at radius 2 is 2.19 bits per heavy atom. The van der Waals surface area contributed by atoms with E-state index < -0.39 is 0 Å². The summed E-state index contributed by atoms with van der Waals surface area (Å²) in [5.41, 5.74) is 2.01. The summed E-state index contributed by atoms with van der Waals surface area (Å²) in [6.45, 7) is 3.21. The molecule has 1 aliphatic heterocycles. The molecule has 0 spiro atoms. The number of fused-ring (bicyclic) bond motifs is 1. The lowest BCUT2D eigenvalue weighted by Crippen LogP contribution is -2.46. The van der Waals surface area contributed by atoms with E-state index in [9.17, 15) is 4.79 Å². The van der Waals surface area contributed by atoms with Crippen molar-refractivity contribution in [3.8, 4) is 0 Å². The van der Waals surface area contributed by atoms with Crippen molar-refractivity contribution in [3.05, 3.63) is 24.3 Å². The number of hydrogen-bond donors (Lipinski definition) is 2. The average molecular weight is 306 g/mol. The molecule has 1 saturated heterocycles. The molecule has 112 valence electrons. The van der Waals surface area contributed by atoms with Crippen molar-refractivity contribution in [3.63, 3.8) is 0 Å². The van der Waals surface area contributed by atoms with Crippen molar-refractivity contribution in [2.24, 2.45) is 0 Å². The van der Waals surface area contributed by atoms with Gasteiger partial charge in [0.25, 0.3) is 0 Å². The van der Waals surface area contributed by atoms with E-state index in [2.05, 4.69) is 15.3 Å². The third-order valence-corrected chi connectivity index (χ3v) is 4.16. The largest absolute Gasteiger partial charge is 0.378 e. The highest BCUT2D eigenvalue weighted by Crippen LogP contribution is 2.18. The molecule has 0 atom stereocenters. The second-order valence-corrected chi connectivity index (χ2v) is 5.82. The summed E-state index contributed by atoms with van der Waals surface area (Å²) in [6.07, 6.45) is 0. The van der Waals surface area contributed by atoms with Crippen molar-refractivity contribution >= 4 is 28.8 Å². The molecular weight excluding hydrogens is 288 g/mol. The number of ether oxygens (including phenoxy) is 1. The molecule has 0 bridgehead atoms. The zero-order valence-corrected chi connectivity index (χ0v) is 12.5. The summed E-state index contributed by atoms with van der Waals surface area (Å²) in [5.74, 6) is 0.788. The number of morpholine rings is 1. The number of hydrogen-bond acceptors (Lipinski definition) is 4. The SMILES string of the molecule is O=C(NCCSc1nc2ccccc2[nH]1)N1CCOCC1. The average Bonchev–Trinajstić information content (AvgIpc) is 2.95. The van der Waals surface area contributed by atoms with Gasteiger partial charge in [-0.25, -0.2) is 9.78 Å². The molecule has 0 saturated carbocycles.